The van der Waals surface area contributed by atoms with Gasteiger partial charge in [0.05, 0.1) is 0 Å². The summed E-state index contributed by atoms with van der Waals surface area (Å²) < 4.78 is 32.7. The van der Waals surface area contributed by atoms with Crippen molar-refractivity contribution >= 4 is 0 Å². The Morgan fingerprint density at radius 2 is 2.14 bits per heavy atom. The standard InChI is InChI=1S/C13H17FN2O5/c1-4-13(14)9-12(3,20-7(2)19-9)10(21-13)16-6-5-8(17)15-11(16)18/h5-7,9-10H,4H2,1-3H3,(H,15,17,18)/t7?,9-,10+,12+,13+/m0/s1. The summed E-state index contributed by atoms with van der Waals surface area (Å²) in [4.78, 5) is 25.2. The maximum absolute atomic E-state index is 14.9. The highest BCUT2D eigenvalue weighted by atomic mass is 19.2. The highest BCUT2D eigenvalue weighted by molar-refractivity contribution is 5.08. The Balaban J connectivity index is 2.10. The summed E-state index contributed by atoms with van der Waals surface area (Å²) in [5.41, 5.74) is -2.38. The fraction of sp³-hybridized carbons (Fsp3) is 0.692. The lowest BCUT2D eigenvalue weighted by Crippen LogP contribution is -2.46. The fourth-order valence-corrected chi connectivity index (χ4v) is 3.07. The lowest BCUT2D eigenvalue weighted by molar-refractivity contribution is -0.234. The largest absolute Gasteiger partial charge is 0.341 e. The first-order chi connectivity index (χ1) is 9.80. The number of fused-ring (bicyclic) bond motifs is 1. The fourth-order valence-electron chi connectivity index (χ4n) is 3.07. The van der Waals surface area contributed by atoms with Gasteiger partial charge in [-0.1, -0.05) is 6.92 Å². The third kappa shape index (κ3) is 1.97. The zero-order chi connectivity index (χ0) is 15.4. The molecule has 0 radical (unpaired) electrons. The molecule has 2 saturated heterocycles. The van der Waals surface area contributed by atoms with Crippen LogP contribution in [-0.4, -0.2) is 33.4 Å². The number of nitrogens with one attached hydrogen (secondary N) is 1. The Morgan fingerprint density at radius 1 is 1.43 bits per heavy atom. The molecule has 0 aromatic carbocycles. The normalized spacial score (nSPS) is 42.2. The van der Waals surface area contributed by atoms with E-state index in [1.165, 1.54) is 12.3 Å². The van der Waals surface area contributed by atoms with Gasteiger partial charge in [-0.15, -0.1) is 0 Å². The van der Waals surface area contributed by atoms with Crippen LogP contribution in [0.3, 0.4) is 0 Å². The summed E-state index contributed by atoms with van der Waals surface area (Å²) in [6, 6.07) is 1.17. The predicted octanol–water partition coefficient (Wildman–Crippen LogP) is 0.661. The topological polar surface area (TPSA) is 82.6 Å². The lowest BCUT2D eigenvalue weighted by atomic mass is 9.94. The molecule has 0 spiro atoms. The Kier molecular flexibility index (Phi) is 3.09. The van der Waals surface area contributed by atoms with Crippen LogP contribution in [0, 0.1) is 0 Å². The Bertz CT molecular complexity index is 673. The molecule has 2 fully saturated rings. The van der Waals surface area contributed by atoms with Gasteiger partial charge in [0.15, 0.2) is 18.6 Å². The number of hydrogen-bond acceptors (Lipinski definition) is 5. The summed E-state index contributed by atoms with van der Waals surface area (Å²) >= 11 is 0. The van der Waals surface area contributed by atoms with Crippen LogP contribution in [0.2, 0.25) is 0 Å². The molecule has 8 heteroatoms. The number of rotatable bonds is 2. The summed E-state index contributed by atoms with van der Waals surface area (Å²) in [7, 11) is 0. The SMILES string of the molecule is CC[C@@]1(F)O[C@@H](n2ccc(=O)[nH]c2=O)[C@]2(C)OC(C)O[C@@H]21. The summed E-state index contributed by atoms with van der Waals surface area (Å²) in [6.07, 6.45) is -1.26. The van der Waals surface area contributed by atoms with Gasteiger partial charge < -0.3 is 14.2 Å². The van der Waals surface area contributed by atoms with Gasteiger partial charge in [0.1, 0.15) is 5.60 Å². The average molecular weight is 300 g/mol. The molecule has 0 saturated carbocycles. The zero-order valence-corrected chi connectivity index (χ0v) is 12.0. The molecule has 3 heterocycles. The molecule has 0 aliphatic carbocycles. The van der Waals surface area contributed by atoms with Crippen LogP contribution in [0.25, 0.3) is 0 Å². The average Bonchev–Trinajstić information content (AvgIpc) is 2.82. The molecule has 116 valence electrons. The molecule has 1 aromatic rings. The molecule has 1 aromatic heterocycles. The molecule has 2 aliphatic rings. The van der Waals surface area contributed by atoms with Gasteiger partial charge in [-0.05, 0) is 13.8 Å². The molecule has 2 aliphatic heterocycles. The molecule has 3 rings (SSSR count). The van der Waals surface area contributed by atoms with E-state index in [4.69, 9.17) is 14.2 Å². The quantitative estimate of drug-likeness (QED) is 0.867. The van der Waals surface area contributed by atoms with Gasteiger partial charge in [-0.2, -0.15) is 0 Å². The van der Waals surface area contributed by atoms with Crippen molar-refractivity contribution in [3.63, 3.8) is 0 Å². The van der Waals surface area contributed by atoms with Crippen molar-refractivity contribution in [2.75, 3.05) is 0 Å². The van der Waals surface area contributed by atoms with Gasteiger partial charge in [0, 0.05) is 18.7 Å². The second-order valence-electron chi connectivity index (χ2n) is 5.51. The number of aromatic amines is 1. The number of nitrogens with zero attached hydrogens (tertiary/aromatic N) is 1. The highest BCUT2D eigenvalue weighted by Gasteiger charge is 2.68. The van der Waals surface area contributed by atoms with Gasteiger partial charge in [-0.3, -0.25) is 14.3 Å². The van der Waals surface area contributed by atoms with Crippen LogP contribution >= 0.6 is 0 Å². The number of hydrogen-bond donors (Lipinski definition) is 1. The first-order valence-electron chi connectivity index (χ1n) is 6.81. The third-order valence-electron chi connectivity index (χ3n) is 4.04. The molecular weight excluding hydrogens is 283 g/mol. The van der Waals surface area contributed by atoms with E-state index in [-0.39, 0.29) is 6.42 Å². The molecule has 1 N–H and O–H groups in total. The van der Waals surface area contributed by atoms with Crippen molar-refractivity contribution in [2.45, 2.75) is 57.3 Å². The molecule has 1 unspecified atom stereocenters. The second-order valence-corrected chi connectivity index (χ2v) is 5.51. The van der Waals surface area contributed by atoms with Crippen molar-refractivity contribution < 1.29 is 18.6 Å². The third-order valence-corrected chi connectivity index (χ3v) is 4.04. The monoisotopic (exact) mass is 300 g/mol. The van der Waals surface area contributed by atoms with Crippen LogP contribution in [0.4, 0.5) is 4.39 Å². The van der Waals surface area contributed by atoms with E-state index in [9.17, 15) is 14.0 Å². The van der Waals surface area contributed by atoms with Crippen LogP contribution in [0.15, 0.2) is 21.9 Å². The van der Waals surface area contributed by atoms with Crippen LogP contribution in [0.5, 0.6) is 0 Å². The maximum atomic E-state index is 14.9. The number of H-pyrrole nitrogens is 1. The van der Waals surface area contributed by atoms with Crippen molar-refractivity contribution in [1.29, 1.82) is 0 Å². The molecule has 5 atom stereocenters. The number of alkyl halides is 1. The second kappa shape index (κ2) is 4.49. The summed E-state index contributed by atoms with van der Waals surface area (Å²) in [5.74, 6) is -2.06. The molecule has 7 nitrogen and oxygen atoms in total. The Hall–Kier alpha value is -1.51. The minimum atomic E-state index is -2.06. The summed E-state index contributed by atoms with van der Waals surface area (Å²) in [5, 5.41) is 0. The van der Waals surface area contributed by atoms with E-state index in [0.717, 1.165) is 4.57 Å². The highest BCUT2D eigenvalue weighted by Crippen LogP contribution is 2.53. The maximum Gasteiger partial charge on any atom is 0.330 e. The van der Waals surface area contributed by atoms with Crippen molar-refractivity contribution in [2.24, 2.45) is 0 Å². The Labute approximate surface area is 119 Å². The molecular formula is C13H17FN2O5. The van der Waals surface area contributed by atoms with Crippen LogP contribution in [-0.2, 0) is 14.2 Å². The van der Waals surface area contributed by atoms with E-state index in [1.54, 1.807) is 20.8 Å². The van der Waals surface area contributed by atoms with E-state index >= 15 is 0 Å². The van der Waals surface area contributed by atoms with Gasteiger partial charge in [-0.25, -0.2) is 9.18 Å². The van der Waals surface area contributed by atoms with E-state index in [0.29, 0.717) is 0 Å². The number of aromatic nitrogens is 2. The lowest BCUT2D eigenvalue weighted by Gasteiger charge is -2.27. The smallest absolute Gasteiger partial charge is 0.330 e. The van der Waals surface area contributed by atoms with E-state index in [1.807, 2.05) is 0 Å². The van der Waals surface area contributed by atoms with Crippen molar-refractivity contribution in [3.05, 3.63) is 33.1 Å². The zero-order valence-electron chi connectivity index (χ0n) is 12.0. The molecule has 0 amide bonds. The number of ether oxygens (including phenoxy) is 3. The number of halogens is 1. The van der Waals surface area contributed by atoms with E-state index < -0.39 is 41.3 Å². The van der Waals surface area contributed by atoms with Gasteiger partial charge in [0.2, 0.25) is 5.85 Å². The first-order valence-corrected chi connectivity index (χ1v) is 6.81. The minimum absolute atomic E-state index is 0.0535. The minimum Gasteiger partial charge on any atom is -0.341 e. The van der Waals surface area contributed by atoms with Crippen LogP contribution < -0.4 is 11.2 Å². The van der Waals surface area contributed by atoms with Gasteiger partial charge >= 0.3 is 5.69 Å². The van der Waals surface area contributed by atoms with Crippen molar-refractivity contribution in [3.8, 4) is 0 Å². The van der Waals surface area contributed by atoms with Crippen LogP contribution in [0.1, 0.15) is 33.4 Å². The van der Waals surface area contributed by atoms with E-state index in [2.05, 4.69) is 4.98 Å². The Morgan fingerprint density at radius 3 is 2.76 bits per heavy atom. The molecule has 0 bridgehead atoms. The first kappa shape index (κ1) is 14.4. The predicted molar refractivity (Wildman–Crippen MR) is 69.4 cm³/mol. The van der Waals surface area contributed by atoms with Gasteiger partial charge in [0.25, 0.3) is 5.56 Å². The summed E-state index contributed by atoms with van der Waals surface area (Å²) in [6.45, 7) is 4.93. The molecule has 21 heavy (non-hydrogen) atoms. The van der Waals surface area contributed by atoms with Crippen molar-refractivity contribution in [1.82, 2.24) is 9.55 Å².